The van der Waals surface area contributed by atoms with Crippen molar-refractivity contribution in [2.75, 3.05) is 10.6 Å². The summed E-state index contributed by atoms with van der Waals surface area (Å²) in [5.74, 6) is 0.902. The van der Waals surface area contributed by atoms with Gasteiger partial charge in [-0.25, -0.2) is 4.98 Å². The molecule has 0 aromatic carbocycles. The summed E-state index contributed by atoms with van der Waals surface area (Å²) < 4.78 is 0. The van der Waals surface area contributed by atoms with Crippen LogP contribution in [0.25, 0.3) is 0 Å². The highest BCUT2D eigenvalue weighted by atomic mass is 35.5. The summed E-state index contributed by atoms with van der Waals surface area (Å²) in [6, 6.07) is 2.38. The molecule has 1 aromatic heterocycles. The van der Waals surface area contributed by atoms with Crippen molar-refractivity contribution in [3.05, 3.63) is 16.8 Å². The van der Waals surface area contributed by atoms with Gasteiger partial charge in [-0.15, -0.1) is 0 Å². The van der Waals surface area contributed by atoms with Gasteiger partial charge in [0.25, 0.3) is 0 Å². The lowest BCUT2D eigenvalue weighted by Crippen LogP contribution is -2.21. The predicted molar refractivity (Wildman–Crippen MR) is 80.2 cm³/mol. The quantitative estimate of drug-likeness (QED) is 0.639. The Morgan fingerprint density at radius 3 is 2.79 bits per heavy atom. The van der Waals surface area contributed by atoms with Crippen LogP contribution in [0.3, 0.4) is 0 Å². The molecule has 0 amide bonds. The van der Waals surface area contributed by atoms with E-state index in [1.807, 2.05) is 6.07 Å². The lowest BCUT2D eigenvalue weighted by atomic mass is 10.1. The smallest absolute Gasteiger partial charge is 0.135 e. The van der Waals surface area contributed by atoms with Crippen molar-refractivity contribution in [3.63, 3.8) is 0 Å². The Bertz CT molecular complexity index is 479. The summed E-state index contributed by atoms with van der Waals surface area (Å²) in [7, 11) is 0. The summed E-state index contributed by atoms with van der Waals surface area (Å²) in [5, 5.41) is 7.24. The fourth-order valence-electron chi connectivity index (χ4n) is 2.82. The van der Waals surface area contributed by atoms with Crippen molar-refractivity contribution in [1.29, 1.82) is 0 Å². The van der Waals surface area contributed by atoms with E-state index in [4.69, 9.17) is 11.6 Å². The molecule has 5 heteroatoms. The van der Waals surface area contributed by atoms with Crippen molar-refractivity contribution < 1.29 is 0 Å². The molecule has 4 nitrogen and oxygen atoms in total. The van der Waals surface area contributed by atoms with E-state index in [1.54, 1.807) is 6.34 Å². The second kappa shape index (κ2) is 5.78. The average Bonchev–Trinajstić information content (AvgIpc) is 2.67. The van der Waals surface area contributed by atoms with E-state index in [9.17, 15) is 0 Å². The van der Waals surface area contributed by atoms with Gasteiger partial charge in [0.15, 0.2) is 0 Å². The van der Waals surface area contributed by atoms with Crippen LogP contribution in [-0.2, 0) is 6.54 Å². The Morgan fingerprint density at radius 1 is 1.21 bits per heavy atom. The highest BCUT2D eigenvalue weighted by Crippen LogP contribution is 2.30. The van der Waals surface area contributed by atoms with Gasteiger partial charge >= 0.3 is 0 Å². The number of aliphatic imine (C=N–C) groups is 1. The van der Waals surface area contributed by atoms with Crippen LogP contribution in [0.2, 0.25) is 5.15 Å². The first kappa shape index (κ1) is 12.7. The molecule has 2 aliphatic rings. The summed E-state index contributed by atoms with van der Waals surface area (Å²) >= 11 is 6.10. The zero-order valence-corrected chi connectivity index (χ0v) is 11.7. The molecule has 0 saturated heterocycles. The van der Waals surface area contributed by atoms with Crippen molar-refractivity contribution in [3.8, 4) is 0 Å². The lowest BCUT2D eigenvalue weighted by molar-refractivity contribution is 0.616. The Hall–Kier alpha value is -1.29. The summed E-state index contributed by atoms with van der Waals surface area (Å²) in [6.07, 6.45) is 9.47. The van der Waals surface area contributed by atoms with Crippen LogP contribution in [0.1, 0.15) is 44.1 Å². The molecule has 1 fully saturated rings. The topological polar surface area (TPSA) is 49.3 Å². The molecule has 1 aromatic rings. The van der Waals surface area contributed by atoms with E-state index in [0.717, 1.165) is 17.1 Å². The number of rotatable bonds is 2. The van der Waals surface area contributed by atoms with Gasteiger partial charge in [-0.1, -0.05) is 37.3 Å². The van der Waals surface area contributed by atoms with Gasteiger partial charge in [0.1, 0.15) is 11.0 Å². The molecule has 3 rings (SSSR count). The number of fused-ring (bicyclic) bond motifs is 1. The number of aromatic nitrogens is 1. The fraction of sp³-hybridized carbons (Fsp3) is 0.571. The van der Waals surface area contributed by atoms with E-state index < -0.39 is 0 Å². The molecular weight excluding hydrogens is 260 g/mol. The minimum atomic E-state index is 0.517. The van der Waals surface area contributed by atoms with Crippen LogP contribution in [0.15, 0.2) is 11.1 Å². The van der Waals surface area contributed by atoms with Crippen molar-refractivity contribution in [2.45, 2.75) is 51.1 Å². The molecular formula is C14H19ClN4. The van der Waals surface area contributed by atoms with E-state index in [1.165, 1.54) is 38.5 Å². The maximum Gasteiger partial charge on any atom is 0.135 e. The van der Waals surface area contributed by atoms with E-state index in [2.05, 4.69) is 20.6 Å². The van der Waals surface area contributed by atoms with E-state index >= 15 is 0 Å². The van der Waals surface area contributed by atoms with Gasteiger partial charge in [-0.3, -0.25) is 4.99 Å². The van der Waals surface area contributed by atoms with E-state index in [-0.39, 0.29) is 0 Å². The monoisotopic (exact) mass is 278 g/mol. The minimum Gasteiger partial charge on any atom is -0.367 e. The SMILES string of the molecule is Clc1cc2c(c(NC3CCCCCC3)n1)CN=CN2. The van der Waals surface area contributed by atoms with Crippen LogP contribution in [0, 0.1) is 0 Å². The molecule has 2 N–H and O–H groups in total. The molecule has 0 spiro atoms. The molecule has 2 heterocycles. The second-order valence-electron chi connectivity index (χ2n) is 5.27. The molecule has 1 aliphatic carbocycles. The van der Waals surface area contributed by atoms with Crippen LogP contribution < -0.4 is 10.6 Å². The Kier molecular flexibility index (Phi) is 3.87. The van der Waals surface area contributed by atoms with Gasteiger partial charge in [0, 0.05) is 11.6 Å². The summed E-state index contributed by atoms with van der Waals surface area (Å²) in [6.45, 7) is 0.668. The van der Waals surface area contributed by atoms with Crippen LogP contribution >= 0.6 is 11.6 Å². The van der Waals surface area contributed by atoms with Crippen molar-refractivity contribution in [2.24, 2.45) is 4.99 Å². The molecule has 0 atom stereocenters. The number of hydrogen-bond acceptors (Lipinski definition) is 4. The number of nitrogens with one attached hydrogen (secondary N) is 2. The molecule has 1 saturated carbocycles. The standard InChI is InChI=1S/C14H19ClN4/c15-13-7-12-11(8-16-9-17-12)14(19-13)18-10-5-3-1-2-4-6-10/h7,9-10H,1-6,8H2,(H,16,17)(H,18,19). The first-order valence-electron chi connectivity index (χ1n) is 7.04. The molecule has 102 valence electrons. The molecule has 19 heavy (non-hydrogen) atoms. The lowest BCUT2D eigenvalue weighted by Gasteiger charge is -2.22. The van der Waals surface area contributed by atoms with Gasteiger partial charge in [-0.2, -0.15) is 0 Å². The Morgan fingerprint density at radius 2 is 2.00 bits per heavy atom. The maximum atomic E-state index is 6.10. The summed E-state index contributed by atoms with van der Waals surface area (Å²) in [5.41, 5.74) is 2.14. The van der Waals surface area contributed by atoms with Gasteiger partial charge in [-0.05, 0) is 18.9 Å². The average molecular weight is 279 g/mol. The Labute approximate surface area is 118 Å². The van der Waals surface area contributed by atoms with Crippen LogP contribution in [-0.4, -0.2) is 17.4 Å². The number of hydrogen-bond donors (Lipinski definition) is 2. The van der Waals surface area contributed by atoms with E-state index in [0.29, 0.717) is 17.7 Å². The highest BCUT2D eigenvalue weighted by molar-refractivity contribution is 6.30. The number of anilines is 2. The fourth-order valence-corrected chi connectivity index (χ4v) is 3.01. The third kappa shape index (κ3) is 3.00. The minimum absolute atomic E-state index is 0.517. The largest absolute Gasteiger partial charge is 0.367 e. The second-order valence-corrected chi connectivity index (χ2v) is 5.65. The first-order valence-corrected chi connectivity index (χ1v) is 7.41. The molecule has 1 aliphatic heterocycles. The normalized spacial score (nSPS) is 19.4. The van der Waals surface area contributed by atoms with Crippen molar-refractivity contribution >= 4 is 29.4 Å². The zero-order valence-electron chi connectivity index (χ0n) is 11.0. The van der Waals surface area contributed by atoms with Crippen LogP contribution in [0.5, 0.6) is 0 Å². The van der Waals surface area contributed by atoms with Gasteiger partial charge in [0.2, 0.25) is 0 Å². The Balaban J connectivity index is 1.82. The first-order chi connectivity index (χ1) is 9.33. The molecule has 0 unspecified atom stereocenters. The zero-order chi connectivity index (χ0) is 13.1. The number of halogens is 1. The van der Waals surface area contributed by atoms with Gasteiger partial charge in [0.05, 0.1) is 18.6 Å². The van der Waals surface area contributed by atoms with Crippen LogP contribution in [0.4, 0.5) is 11.5 Å². The summed E-state index contributed by atoms with van der Waals surface area (Å²) in [4.78, 5) is 8.71. The third-order valence-electron chi connectivity index (χ3n) is 3.85. The van der Waals surface area contributed by atoms with Crippen molar-refractivity contribution in [1.82, 2.24) is 4.98 Å². The third-order valence-corrected chi connectivity index (χ3v) is 4.04. The number of nitrogens with zero attached hydrogens (tertiary/aromatic N) is 2. The molecule has 0 bridgehead atoms. The van der Waals surface area contributed by atoms with Gasteiger partial charge < -0.3 is 10.6 Å². The predicted octanol–water partition coefficient (Wildman–Crippen LogP) is 3.82. The maximum absolute atomic E-state index is 6.10. The number of pyridine rings is 1. The molecule has 0 radical (unpaired) electrons. The highest BCUT2D eigenvalue weighted by Gasteiger charge is 2.18.